The highest BCUT2D eigenvalue weighted by Gasteiger charge is 2.15. The average molecular weight is 495 g/mol. The summed E-state index contributed by atoms with van der Waals surface area (Å²) in [5.74, 6) is -3.21. The molecule has 1 heterocycles. The first-order chi connectivity index (χ1) is 17.2. The van der Waals surface area contributed by atoms with Crippen molar-refractivity contribution in [1.82, 2.24) is 15.0 Å². The van der Waals surface area contributed by atoms with Gasteiger partial charge < -0.3 is 31.1 Å². The van der Waals surface area contributed by atoms with Gasteiger partial charge in [0.25, 0.3) is 6.47 Å². The van der Waals surface area contributed by atoms with Crippen LogP contribution in [0, 0.1) is 0 Å². The van der Waals surface area contributed by atoms with E-state index in [1.54, 1.807) is 0 Å². The molecular weight excluding hydrogens is 474 g/mol. The minimum absolute atomic E-state index is 0.0182. The quantitative estimate of drug-likeness (QED) is 0.227. The van der Waals surface area contributed by atoms with E-state index < -0.39 is 17.9 Å². The van der Waals surface area contributed by atoms with Crippen LogP contribution >= 0.6 is 0 Å². The van der Waals surface area contributed by atoms with Crippen LogP contribution < -0.4 is 15.8 Å². The molecule has 0 spiro atoms. The van der Waals surface area contributed by atoms with Gasteiger partial charge in [0.05, 0.1) is 16.7 Å². The molecule has 0 radical (unpaired) electrons. The summed E-state index contributed by atoms with van der Waals surface area (Å²) in [5, 5.41) is 30.8. The van der Waals surface area contributed by atoms with E-state index in [9.17, 15) is 34.5 Å². The second-order valence-corrected chi connectivity index (χ2v) is 7.48. The van der Waals surface area contributed by atoms with Crippen molar-refractivity contribution in [3.63, 3.8) is 0 Å². The molecule has 2 aromatic carbocycles. The Morgan fingerprint density at radius 2 is 1.47 bits per heavy atom. The van der Waals surface area contributed by atoms with Gasteiger partial charge in [0, 0.05) is 18.5 Å². The van der Waals surface area contributed by atoms with Gasteiger partial charge in [-0.15, -0.1) is 0 Å². The van der Waals surface area contributed by atoms with Gasteiger partial charge in [-0.2, -0.15) is 9.97 Å². The summed E-state index contributed by atoms with van der Waals surface area (Å²) in [6.07, 6.45) is 0.996. The monoisotopic (exact) mass is 495 g/mol. The summed E-state index contributed by atoms with van der Waals surface area (Å²) >= 11 is 0. The van der Waals surface area contributed by atoms with E-state index in [2.05, 4.69) is 20.3 Å². The highest BCUT2D eigenvalue weighted by Crippen LogP contribution is 2.22. The standard InChI is InChI=1S/C23H21N5O8/c24-3-1-2-18-26-19(6-12-4-13(20(30)31)10-17(5-12)36-11-29)28-23(27-18)25-16-8-14(21(32)33)7-15(9-16)22(34)35/h4-5,7-11H,1-3,6,24H2,(H,30,31)(H,32,33)(H,34,35)(H,25,26,27,28). The third-order valence-corrected chi connectivity index (χ3v) is 4.78. The largest absolute Gasteiger partial charge is 0.478 e. The molecule has 13 heteroatoms. The lowest BCUT2D eigenvalue weighted by Gasteiger charge is -2.11. The zero-order chi connectivity index (χ0) is 26.2. The molecule has 6 N–H and O–H groups in total. The molecule has 13 nitrogen and oxygen atoms in total. The van der Waals surface area contributed by atoms with Gasteiger partial charge in [0.1, 0.15) is 17.4 Å². The van der Waals surface area contributed by atoms with E-state index in [-0.39, 0.29) is 52.8 Å². The number of nitrogens with one attached hydrogen (secondary N) is 1. The van der Waals surface area contributed by atoms with Crippen molar-refractivity contribution in [1.29, 1.82) is 0 Å². The van der Waals surface area contributed by atoms with Crippen molar-refractivity contribution in [3.05, 3.63) is 70.3 Å². The zero-order valence-corrected chi connectivity index (χ0v) is 18.7. The molecule has 0 aliphatic rings. The molecule has 1 aromatic heterocycles. The Hall–Kier alpha value is -4.91. The smallest absolute Gasteiger partial charge is 0.335 e. The number of hydrogen-bond donors (Lipinski definition) is 5. The SMILES string of the molecule is NCCCc1nc(Cc2cc(OC=O)cc(C(=O)O)c2)nc(Nc2cc(C(=O)O)cc(C(=O)O)c2)n1. The number of carboxylic acids is 3. The van der Waals surface area contributed by atoms with Crippen LogP contribution in [0.5, 0.6) is 5.75 Å². The summed E-state index contributed by atoms with van der Waals surface area (Å²) in [6, 6.07) is 7.53. The van der Waals surface area contributed by atoms with E-state index in [0.717, 1.165) is 6.07 Å². The Labute approximate surface area is 203 Å². The summed E-state index contributed by atoms with van der Waals surface area (Å²) in [6.45, 7) is 0.552. The molecule has 186 valence electrons. The van der Waals surface area contributed by atoms with Crippen molar-refractivity contribution >= 4 is 36.0 Å². The lowest BCUT2D eigenvalue weighted by molar-refractivity contribution is -0.120. The van der Waals surface area contributed by atoms with Gasteiger partial charge in [-0.3, -0.25) is 4.79 Å². The maximum absolute atomic E-state index is 11.5. The fourth-order valence-corrected chi connectivity index (χ4v) is 3.24. The molecule has 36 heavy (non-hydrogen) atoms. The number of anilines is 2. The van der Waals surface area contributed by atoms with Crippen LogP contribution in [-0.4, -0.2) is 61.2 Å². The zero-order valence-electron chi connectivity index (χ0n) is 18.7. The first kappa shape index (κ1) is 25.7. The van der Waals surface area contributed by atoms with Gasteiger partial charge >= 0.3 is 17.9 Å². The second-order valence-electron chi connectivity index (χ2n) is 7.48. The molecule has 0 bridgehead atoms. The number of aryl methyl sites for hydroxylation is 1. The van der Waals surface area contributed by atoms with E-state index in [4.69, 9.17) is 10.5 Å². The van der Waals surface area contributed by atoms with E-state index in [1.807, 2.05) is 0 Å². The average Bonchev–Trinajstić information content (AvgIpc) is 2.82. The minimum Gasteiger partial charge on any atom is -0.478 e. The molecule has 3 aromatic rings. The number of nitrogens with zero attached hydrogens (tertiary/aromatic N) is 3. The number of ether oxygens (including phenoxy) is 1. The Kier molecular flexibility index (Phi) is 8.20. The lowest BCUT2D eigenvalue weighted by Crippen LogP contribution is -2.11. The Morgan fingerprint density at radius 1 is 0.861 bits per heavy atom. The van der Waals surface area contributed by atoms with Crippen LogP contribution in [0.15, 0.2) is 36.4 Å². The van der Waals surface area contributed by atoms with Crippen LogP contribution in [0.4, 0.5) is 11.6 Å². The Balaban J connectivity index is 2.00. The summed E-state index contributed by atoms with van der Waals surface area (Å²) in [5.41, 5.74) is 5.55. The number of rotatable bonds is 12. The number of carbonyl (C=O) groups excluding carboxylic acids is 1. The number of nitrogens with two attached hydrogens (primary N) is 1. The molecule has 0 unspecified atom stereocenters. The fraction of sp³-hybridized carbons (Fsp3) is 0.174. The molecule has 0 atom stereocenters. The molecule has 3 rings (SSSR count). The van der Waals surface area contributed by atoms with Crippen molar-refractivity contribution in [2.75, 3.05) is 11.9 Å². The number of carbonyl (C=O) groups is 4. The van der Waals surface area contributed by atoms with Gasteiger partial charge in [0.15, 0.2) is 0 Å². The van der Waals surface area contributed by atoms with Crippen molar-refractivity contribution in [2.45, 2.75) is 19.3 Å². The van der Waals surface area contributed by atoms with Crippen molar-refractivity contribution in [2.24, 2.45) is 5.73 Å². The van der Waals surface area contributed by atoms with Gasteiger partial charge in [-0.05, 0) is 54.9 Å². The summed E-state index contributed by atoms with van der Waals surface area (Å²) in [7, 11) is 0. The van der Waals surface area contributed by atoms with Crippen LogP contribution in [-0.2, 0) is 17.6 Å². The fourth-order valence-electron chi connectivity index (χ4n) is 3.24. The van der Waals surface area contributed by atoms with Gasteiger partial charge in [-0.1, -0.05) is 0 Å². The molecule has 0 amide bonds. The Bertz CT molecular complexity index is 1300. The molecule has 0 aliphatic carbocycles. The van der Waals surface area contributed by atoms with Crippen molar-refractivity contribution in [3.8, 4) is 5.75 Å². The summed E-state index contributed by atoms with van der Waals surface area (Å²) in [4.78, 5) is 58.0. The predicted molar refractivity (Wildman–Crippen MR) is 124 cm³/mol. The maximum atomic E-state index is 11.5. The second kappa shape index (κ2) is 11.5. The molecule has 0 aliphatic heterocycles. The number of aromatic carboxylic acids is 3. The molecule has 0 saturated heterocycles. The van der Waals surface area contributed by atoms with Crippen LogP contribution in [0.1, 0.15) is 54.7 Å². The van der Waals surface area contributed by atoms with Gasteiger partial charge in [-0.25, -0.2) is 19.4 Å². The predicted octanol–water partition coefficient (Wildman–Crippen LogP) is 1.73. The maximum Gasteiger partial charge on any atom is 0.335 e. The third kappa shape index (κ3) is 6.80. The molecular formula is C23H21N5O8. The van der Waals surface area contributed by atoms with Gasteiger partial charge in [0.2, 0.25) is 5.95 Å². The summed E-state index contributed by atoms with van der Waals surface area (Å²) < 4.78 is 4.80. The number of aromatic nitrogens is 3. The normalized spacial score (nSPS) is 10.5. The highest BCUT2D eigenvalue weighted by molar-refractivity contribution is 5.95. The number of hydrogen-bond acceptors (Lipinski definition) is 10. The molecule has 0 fully saturated rings. The molecule has 0 saturated carbocycles. The third-order valence-electron chi connectivity index (χ3n) is 4.78. The number of carboxylic acid groups (broad SMARTS) is 3. The Morgan fingerprint density at radius 3 is 2.06 bits per heavy atom. The van der Waals surface area contributed by atoms with Crippen molar-refractivity contribution < 1.29 is 39.2 Å². The van der Waals surface area contributed by atoms with Crippen LogP contribution in [0.25, 0.3) is 0 Å². The van der Waals surface area contributed by atoms with E-state index >= 15 is 0 Å². The topological polar surface area (TPSA) is 215 Å². The first-order valence-corrected chi connectivity index (χ1v) is 10.5. The highest BCUT2D eigenvalue weighted by atomic mass is 16.5. The minimum atomic E-state index is -1.31. The van der Waals surface area contributed by atoms with E-state index in [1.165, 1.54) is 30.3 Å². The van der Waals surface area contributed by atoms with E-state index in [0.29, 0.717) is 30.8 Å². The first-order valence-electron chi connectivity index (χ1n) is 10.5. The lowest BCUT2D eigenvalue weighted by atomic mass is 10.1. The van der Waals surface area contributed by atoms with Crippen LogP contribution in [0.2, 0.25) is 0 Å². The number of benzene rings is 2. The van der Waals surface area contributed by atoms with Crippen LogP contribution in [0.3, 0.4) is 0 Å².